The zero-order valence-electron chi connectivity index (χ0n) is 7.91. The third-order valence-electron chi connectivity index (χ3n) is 1.91. The number of hydrogen-bond acceptors (Lipinski definition) is 1. The zero-order chi connectivity index (χ0) is 10.4. The van der Waals surface area contributed by atoms with E-state index in [0.29, 0.717) is 7.18 Å². The van der Waals surface area contributed by atoms with Crippen molar-refractivity contribution in [2.24, 2.45) is 0 Å². The Morgan fingerprint density at radius 2 is 1.64 bits per heavy atom. The molecule has 14 heavy (non-hydrogen) atoms. The SMILES string of the molecule is CF.O=Cc1ccc2ccccc2c1. The Labute approximate surface area is 82.2 Å². The fourth-order valence-corrected chi connectivity index (χ4v) is 1.28. The van der Waals surface area contributed by atoms with Gasteiger partial charge in [0.05, 0.1) is 7.18 Å². The minimum Gasteiger partial charge on any atom is -0.298 e. The predicted molar refractivity (Wildman–Crippen MR) is 56.4 cm³/mol. The molecule has 0 aliphatic carbocycles. The highest BCUT2D eigenvalue weighted by Crippen LogP contribution is 2.14. The van der Waals surface area contributed by atoms with E-state index in [1.165, 1.54) is 5.39 Å². The van der Waals surface area contributed by atoms with E-state index in [1.54, 1.807) is 0 Å². The average Bonchev–Trinajstić information content (AvgIpc) is 2.31. The van der Waals surface area contributed by atoms with E-state index < -0.39 is 0 Å². The number of benzene rings is 2. The van der Waals surface area contributed by atoms with Gasteiger partial charge in [0, 0.05) is 5.56 Å². The zero-order valence-corrected chi connectivity index (χ0v) is 7.91. The summed E-state index contributed by atoms with van der Waals surface area (Å²) in [6.07, 6.45) is 0.867. The van der Waals surface area contributed by atoms with Gasteiger partial charge in [0.15, 0.2) is 0 Å². The van der Waals surface area contributed by atoms with E-state index in [4.69, 9.17) is 0 Å². The quantitative estimate of drug-likeness (QED) is 0.631. The lowest BCUT2D eigenvalue weighted by atomic mass is 10.1. The predicted octanol–water partition coefficient (Wildman–Crippen LogP) is 3.24. The van der Waals surface area contributed by atoms with Crippen LogP contribution in [0, 0.1) is 0 Å². The molecule has 0 saturated heterocycles. The minimum atomic E-state index is 0.500. The van der Waals surface area contributed by atoms with Crippen LogP contribution >= 0.6 is 0 Å². The molecule has 0 heterocycles. The third kappa shape index (κ3) is 2.16. The second-order valence-electron chi connectivity index (χ2n) is 2.72. The highest BCUT2D eigenvalue weighted by Gasteiger charge is 1.92. The van der Waals surface area contributed by atoms with Crippen LogP contribution < -0.4 is 0 Å². The number of halogens is 1. The summed E-state index contributed by atoms with van der Waals surface area (Å²) in [4.78, 5) is 10.5. The summed E-state index contributed by atoms with van der Waals surface area (Å²) in [7, 11) is 0.500. The summed E-state index contributed by atoms with van der Waals surface area (Å²) < 4.78 is 9.50. The second-order valence-corrected chi connectivity index (χ2v) is 2.72. The first-order chi connectivity index (χ1) is 6.90. The number of alkyl halides is 1. The standard InChI is InChI=1S/C11H8O.CH3F/c12-8-9-5-6-10-3-1-2-4-11(10)7-9;1-2/h1-8H;1H3. The van der Waals surface area contributed by atoms with E-state index in [0.717, 1.165) is 17.2 Å². The van der Waals surface area contributed by atoms with Gasteiger partial charge in [-0.1, -0.05) is 36.4 Å². The first kappa shape index (κ1) is 10.4. The molecule has 2 aromatic rings. The summed E-state index contributed by atoms with van der Waals surface area (Å²) in [5.41, 5.74) is 0.730. The molecule has 0 N–H and O–H groups in total. The first-order valence-corrected chi connectivity index (χ1v) is 4.22. The number of fused-ring (bicyclic) bond motifs is 1. The molecule has 0 fully saturated rings. The molecule has 72 valence electrons. The molecule has 0 aliphatic rings. The largest absolute Gasteiger partial charge is 0.298 e. The highest BCUT2D eigenvalue weighted by atomic mass is 19.1. The molecule has 0 unspecified atom stereocenters. The van der Waals surface area contributed by atoms with Crippen molar-refractivity contribution in [1.29, 1.82) is 0 Å². The van der Waals surface area contributed by atoms with Crippen LogP contribution in [0.2, 0.25) is 0 Å². The number of carbonyl (C=O) groups is 1. The maximum atomic E-state index is 10.5. The van der Waals surface area contributed by atoms with E-state index in [1.807, 2.05) is 42.5 Å². The monoisotopic (exact) mass is 190 g/mol. The van der Waals surface area contributed by atoms with Crippen molar-refractivity contribution in [3.8, 4) is 0 Å². The minimum absolute atomic E-state index is 0.500. The van der Waals surface area contributed by atoms with Crippen molar-refractivity contribution in [2.45, 2.75) is 0 Å². The fraction of sp³-hybridized carbons (Fsp3) is 0.0833. The van der Waals surface area contributed by atoms with Gasteiger partial charge in [0.25, 0.3) is 0 Å². The summed E-state index contributed by atoms with van der Waals surface area (Å²) >= 11 is 0. The Morgan fingerprint density at radius 1 is 1.00 bits per heavy atom. The number of rotatable bonds is 1. The van der Waals surface area contributed by atoms with Crippen LogP contribution in [0.25, 0.3) is 10.8 Å². The number of hydrogen-bond donors (Lipinski definition) is 0. The van der Waals surface area contributed by atoms with E-state index >= 15 is 0 Å². The molecule has 0 amide bonds. The molecule has 0 radical (unpaired) electrons. The molecular weight excluding hydrogens is 179 g/mol. The lowest BCUT2D eigenvalue weighted by molar-refractivity contribution is 0.112. The second kappa shape index (κ2) is 5.12. The normalized spacial score (nSPS) is 9.00. The summed E-state index contributed by atoms with van der Waals surface area (Å²) in [6.45, 7) is 0. The van der Waals surface area contributed by atoms with Crippen LogP contribution in [-0.4, -0.2) is 13.5 Å². The van der Waals surface area contributed by atoms with Crippen LogP contribution in [0.5, 0.6) is 0 Å². The first-order valence-electron chi connectivity index (χ1n) is 4.22. The number of carbonyl (C=O) groups excluding carboxylic acids is 1. The molecule has 0 aliphatic heterocycles. The van der Waals surface area contributed by atoms with Gasteiger partial charge in [-0.3, -0.25) is 9.18 Å². The molecule has 2 aromatic carbocycles. The van der Waals surface area contributed by atoms with Crippen LogP contribution in [0.3, 0.4) is 0 Å². The Morgan fingerprint density at radius 3 is 2.29 bits per heavy atom. The molecule has 0 saturated carbocycles. The Hall–Kier alpha value is -1.70. The maximum Gasteiger partial charge on any atom is 0.150 e. The van der Waals surface area contributed by atoms with Gasteiger partial charge in [0.1, 0.15) is 6.29 Å². The van der Waals surface area contributed by atoms with Gasteiger partial charge in [-0.05, 0) is 16.8 Å². The molecular formula is C12H11FO. The van der Waals surface area contributed by atoms with E-state index in [9.17, 15) is 9.18 Å². The van der Waals surface area contributed by atoms with Gasteiger partial charge in [-0.25, -0.2) is 0 Å². The van der Waals surface area contributed by atoms with Crippen LogP contribution in [0.15, 0.2) is 42.5 Å². The molecule has 0 aromatic heterocycles. The van der Waals surface area contributed by atoms with Gasteiger partial charge < -0.3 is 0 Å². The maximum absolute atomic E-state index is 10.5. The van der Waals surface area contributed by atoms with Crippen molar-refractivity contribution in [3.05, 3.63) is 48.0 Å². The fourth-order valence-electron chi connectivity index (χ4n) is 1.28. The lowest BCUT2D eigenvalue weighted by Gasteiger charge is -1.96. The van der Waals surface area contributed by atoms with Gasteiger partial charge >= 0.3 is 0 Å². The van der Waals surface area contributed by atoms with Crippen LogP contribution in [0.1, 0.15) is 10.4 Å². The van der Waals surface area contributed by atoms with Crippen molar-refractivity contribution >= 4 is 17.1 Å². The topological polar surface area (TPSA) is 17.1 Å². The van der Waals surface area contributed by atoms with Crippen LogP contribution in [-0.2, 0) is 0 Å². The summed E-state index contributed by atoms with van der Waals surface area (Å²) in [5.74, 6) is 0. The van der Waals surface area contributed by atoms with E-state index in [-0.39, 0.29) is 0 Å². The molecule has 1 nitrogen and oxygen atoms in total. The van der Waals surface area contributed by atoms with Gasteiger partial charge in [0.2, 0.25) is 0 Å². The lowest BCUT2D eigenvalue weighted by Crippen LogP contribution is -1.78. The molecule has 2 rings (SSSR count). The molecule has 2 heteroatoms. The van der Waals surface area contributed by atoms with E-state index in [2.05, 4.69) is 0 Å². The van der Waals surface area contributed by atoms with Gasteiger partial charge in [-0.2, -0.15) is 0 Å². The van der Waals surface area contributed by atoms with Gasteiger partial charge in [-0.15, -0.1) is 0 Å². The van der Waals surface area contributed by atoms with Crippen molar-refractivity contribution in [1.82, 2.24) is 0 Å². The Balaban J connectivity index is 0.000000461. The van der Waals surface area contributed by atoms with Crippen molar-refractivity contribution in [2.75, 3.05) is 7.18 Å². The van der Waals surface area contributed by atoms with Crippen LogP contribution in [0.4, 0.5) is 4.39 Å². The number of aldehydes is 1. The Bertz CT molecular complexity index is 423. The summed E-state index contributed by atoms with van der Waals surface area (Å²) in [6, 6.07) is 13.7. The molecule has 0 bridgehead atoms. The highest BCUT2D eigenvalue weighted by molar-refractivity contribution is 5.88. The molecule has 0 atom stereocenters. The Kier molecular flexibility index (Phi) is 3.80. The average molecular weight is 190 g/mol. The van der Waals surface area contributed by atoms with Crippen molar-refractivity contribution < 1.29 is 9.18 Å². The summed E-state index contributed by atoms with van der Waals surface area (Å²) in [5, 5.41) is 2.28. The molecule has 0 spiro atoms. The van der Waals surface area contributed by atoms with Crippen molar-refractivity contribution in [3.63, 3.8) is 0 Å². The smallest absolute Gasteiger partial charge is 0.150 e. The third-order valence-corrected chi connectivity index (χ3v) is 1.91.